The molecule has 1 aromatic heterocycles. The molecule has 1 N–H and O–H groups in total. The van der Waals surface area contributed by atoms with Crippen molar-refractivity contribution in [3.63, 3.8) is 0 Å². The van der Waals surface area contributed by atoms with Crippen LogP contribution in [0, 0.1) is 0 Å². The quantitative estimate of drug-likeness (QED) is 0.913. The van der Waals surface area contributed by atoms with Crippen LogP contribution in [0.25, 0.3) is 0 Å². The third kappa shape index (κ3) is 3.39. The van der Waals surface area contributed by atoms with E-state index in [1.54, 1.807) is 24.0 Å². The molecule has 132 valence electrons. The highest BCUT2D eigenvalue weighted by Crippen LogP contribution is 2.26. The maximum absolute atomic E-state index is 12.3. The summed E-state index contributed by atoms with van der Waals surface area (Å²) in [5.41, 5.74) is 2.57. The molecule has 0 amide bonds. The minimum Gasteiger partial charge on any atom is -0.493 e. The molecule has 1 aromatic carbocycles. The first-order valence-corrected chi connectivity index (χ1v) is 8.95. The van der Waals surface area contributed by atoms with E-state index in [0.717, 1.165) is 51.3 Å². The van der Waals surface area contributed by atoms with Crippen LogP contribution < -0.4 is 20.5 Å². The molecule has 0 aliphatic carbocycles. The van der Waals surface area contributed by atoms with Crippen LogP contribution in [0.5, 0.6) is 5.75 Å². The van der Waals surface area contributed by atoms with Gasteiger partial charge in [0.15, 0.2) is 5.82 Å². The number of ether oxygens (including phenoxy) is 1. The molecule has 0 saturated carbocycles. The van der Waals surface area contributed by atoms with Crippen molar-refractivity contribution < 1.29 is 4.74 Å². The Morgan fingerprint density at radius 2 is 2.32 bits per heavy atom. The van der Waals surface area contributed by atoms with Gasteiger partial charge in [-0.25, -0.2) is 4.98 Å². The Hall–Kier alpha value is -2.34. The molecule has 2 aromatic rings. The summed E-state index contributed by atoms with van der Waals surface area (Å²) in [4.78, 5) is 18.7. The Morgan fingerprint density at radius 1 is 1.40 bits per heavy atom. The maximum atomic E-state index is 12.3. The van der Waals surface area contributed by atoms with Gasteiger partial charge in [0.25, 0.3) is 5.56 Å². The van der Waals surface area contributed by atoms with Gasteiger partial charge >= 0.3 is 0 Å². The van der Waals surface area contributed by atoms with Gasteiger partial charge in [-0.2, -0.15) is 0 Å². The molecule has 1 saturated heterocycles. The zero-order valence-electron chi connectivity index (χ0n) is 14.6. The highest BCUT2D eigenvalue weighted by molar-refractivity contribution is 5.40. The number of piperidine rings is 1. The summed E-state index contributed by atoms with van der Waals surface area (Å²) in [6.07, 6.45) is 6.58. The van der Waals surface area contributed by atoms with Crippen LogP contribution in [0.4, 0.5) is 5.82 Å². The highest BCUT2D eigenvalue weighted by Gasteiger charge is 2.23. The first-order chi connectivity index (χ1) is 12.2. The third-order valence-electron chi connectivity index (χ3n) is 5.07. The Kier molecular flexibility index (Phi) is 4.44. The van der Waals surface area contributed by atoms with Gasteiger partial charge in [0.05, 0.1) is 6.61 Å². The molecule has 6 nitrogen and oxygen atoms in total. The molecule has 1 atom stereocenters. The number of aromatic nitrogens is 2. The van der Waals surface area contributed by atoms with Gasteiger partial charge in [0.2, 0.25) is 0 Å². The number of rotatable bonds is 4. The second-order valence-corrected chi connectivity index (χ2v) is 6.87. The first-order valence-electron chi connectivity index (χ1n) is 8.95. The number of anilines is 1. The Balaban J connectivity index is 1.40. The van der Waals surface area contributed by atoms with Crippen molar-refractivity contribution in [2.75, 3.05) is 24.6 Å². The number of aryl methyl sites for hydroxylation is 1. The maximum Gasteiger partial charge on any atom is 0.293 e. The molecule has 1 fully saturated rings. The van der Waals surface area contributed by atoms with Crippen molar-refractivity contribution in [1.82, 2.24) is 14.9 Å². The molecule has 2 aliphatic heterocycles. The molecule has 25 heavy (non-hydrogen) atoms. The van der Waals surface area contributed by atoms with E-state index in [0.29, 0.717) is 11.9 Å². The summed E-state index contributed by atoms with van der Waals surface area (Å²) >= 11 is 0. The van der Waals surface area contributed by atoms with Crippen LogP contribution >= 0.6 is 0 Å². The van der Waals surface area contributed by atoms with Crippen LogP contribution in [0.1, 0.15) is 24.0 Å². The van der Waals surface area contributed by atoms with Crippen molar-refractivity contribution in [1.29, 1.82) is 0 Å². The van der Waals surface area contributed by atoms with Crippen molar-refractivity contribution in [2.45, 2.75) is 31.8 Å². The number of hydrogen-bond donors (Lipinski definition) is 1. The molecular weight excluding hydrogens is 316 g/mol. The minimum atomic E-state index is -0.0261. The molecule has 0 radical (unpaired) electrons. The number of nitrogens with zero attached hydrogens (tertiary/aromatic N) is 3. The van der Waals surface area contributed by atoms with Crippen molar-refractivity contribution in [2.24, 2.45) is 7.05 Å². The summed E-state index contributed by atoms with van der Waals surface area (Å²) in [6, 6.07) is 6.81. The summed E-state index contributed by atoms with van der Waals surface area (Å²) in [7, 11) is 1.77. The smallest absolute Gasteiger partial charge is 0.293 e. The predicted octanol–water partition coefficient (Wildman–Crippen LogP) is 1.47. The minimum absolute atomic E-state index is 0.0261. The molecule has 4 rings (SSSR count). The lowest BCUT2D eigenvalue weighted by molar-refractivity contribution is 0.356. The standard InChI is InChI=1S/C19H24N4O2/c1-22-9-7-20-18(19(22)24)23-8-2-3-16(13-23)21-12-14-4-5-17-15(11-14)6-10-25-17/h4-5,7,9,11,16,21H,2-3,6,8,10,12-13H2,1H3/t16-/m1/s1. The second-order valence-electron chi connectivity index (χ2n) is 6.87. The van der Waals surface area contributed by atoms with Crippen LogP contribution in [-0.2, 0) is 20.0 Å². The Labute approximate surface area is 147 Å². The van der Waals surface area contributed by atoms with Crippen LogP contribution in [0.15, 0.2) is 35.4 Å². The van der Waals surface area contributed by atoms with E-state index < -0.39 is 0 Å². The van der Waals surface area contributed by atoms with Crippen molar-refractivity contribution in [3.8, 4) is 5.75 Å². The average Bonchev–Trinajstić information content (AvgIpc) is 3.10. The monoisotopic (exact) mass is 340 g/mol. The van der Waals surface area contributed by atoms with E-state index in [2.05, 4.69) is 33.4 Å². The normalized spacial score (nSPS) is 19.6. The first kappa shape index (κ1) is 16.1. The van der Waals surface area contributed by atoms with Gasteiger partial charge < -0.3 is 19.5 Å². The van der Waals surface area contributed by atoms with Crippen molar-refractivity contribution >= 4 is 5.82 Å². The summed E-state index contributed by atoms with van der Waals surface area (Å²) in [5.74, 6) is 1.59. The SMILES string of the molecule is Cn1ccnc(N2CCC[C@@H](NCc3ccc4c(c3)CCO4)C2)c1=O. The second kappa shape index (κ2) is 6.88. The fourth-order valence-corrected chi connectivity index (χ4v) is 3.65. The van der Waals surface area contributed by atoms with Gasteiger partial charge in [-0.3, -0.25) is 4.79 Å². The lowest BCUT2D eigenvalue weighted by Gasteiger charge is -2.33. The summed E-state index contributed by atoms with van der Waals surface area (Å²) < 4.78 is 7.16. The van der Waals surface area contributed by atoms with Crippen LogP contribution in [0.3, 0.4) is 0 Å². The van der Waals surface area contributed by atoms with Crippen LogP contribution in [-0.4, -0.2) is 35.3 Å². The molecular formula is C19H24N4O2. The highest BCUT2D eigenvalue weighted by atomic mass is 16.5. The van der Waals surface area contributed by atoms with Gasteiger partial charge in [0, 0.05) is 51.5 Å². The fraction of sp³-hybridized carbons (Fsp3) is 0.474. The van der Waals surface area contributed by atoms with Gasteiger partial charge in [0.1, 0.15) is 5.75 Å². The molecule has 0 unspecified atom stereocenters. The van der Waals surface area contributed by atoms with Crippen LogP contribution in [0.2, 0.25) is 0 Å². The molecule has 3 heterocycles. The van der Waals surface area contributed by atoms with Gasteiger partial charge in [-0.05, 0) is 30.0 Å². The predicted molar refractivity (Wildman–Crippen MR) is 97.2 cm³/mol. The number of nitrogens with one attached hydrogen (secondary N) is 1. The number of benzene rings is 1. The van der Waals surface area contributed by atoms with Crippen molar-refractivity contribution in [3.05, 3.63) is 52.1 Å². The lowest BCUT2D eigenvalue weighted by atomic mass is 10.0. The fourth-order valence-electron chi connectivity index (χ4n) is 3.65. The zero-order chi connectivity index (χ0) is 17.2. The molecule has 6 heteroatoms. The summed E-state index contributed by atoms with van der Waals surface area (Å²) in [5, 5.41) is 3.64. The topological polar surface area (TPSA) is 59.4 Å². The number of hydrogen-bond acceptors (Lipinski definition) is 5. The molecule has 0 spiro atoms. The Bertz CT molecular complexity index is 817. The Morgan fingerprint density at radius 3 is 3.24 bits per heavy atom. The van der Waals surface area contributed by atoms with E-state index in [1.165, 1.54) is 11.1 Å². The molecule has 2 aliphatic rings. The largest absolute Gasteiger partial charge is 0.493 e. The van der Waals surface area contributed by atoms with Gasteiger partial charge in [-0.1, -0.05) is 12.1 Å². The third-order valence-corrected chi connectivity index (χ3v) is 5.07. The van der Waals surface area contributed by atoms with E-state index in [-0.39, 0.29) is 5.56 Å². The lowest BCUT2D eigenvalue weighted by Crippen LogP contribution is -2.47. The van der Waals surface area contributed by atoms with Gasteiger partial charge in [-0.15, -0.1) is 0 Å². The van der Waals surface area contributed by atoms with E-state index in [9.17, 15) is 4.79 Å². The van der Waals surface area contributed by atoms with E-state index in [1.807, 2.05) is 0 Å². The average molecular weight is 340 g/mol. The zero-order valence-corrected chi connectivity index (χ0v) is 14.6. The summed E-state index contributed by atoms with van der Waals surface area (Å²) in [6.45, 7) is 3.34. The molecule has 0 bridgehead atoms. The number of fused-ring (bicyclic) bond motifs is 1. The van der Waals surface area contributed by atoms with E-state index in [4.69, 9.17) is 4.74 Å². The van der Waals surface area contributed by atoms with E-state index >= 15 is 0 Å².